The summed E-state index contributed by atoms with van der Waals surface area (Å²) in [6, 6.07) is 28.9. The Kier molecular flexibility index (Phi) is 16.3. The highest BCUT2D eigenvalue weighted by molar-refractivity contribution is 7.89. The molecule has 0 saturated carbocycles. The molecule has 0 aliphatic carbocycles. The van der Waals surface area contributed by atoms with Crippen molar-refractivity contribution in [3.05, 3.63) is 131 Å². The van der Waals surface area contributed by atoms with Crippen LogP contribution < -0.4 is 9.44 Å². The van der Waals surface area contributed by atoms with Crippen LogP contribution in [0.1, 0.15) is 22.3 Å². The largest absolute Gasteiger partial charge is 0.378 e. The summed E-state index contributed by atoms with van der Waals surface area (Å²) in [5.74, 6) is -0.882. The van der Waals surface area contributed by atoms with Gasteiger partial charge in [0.05, 0.1) is 49.4 Å². The second kappa shape index (κ2) is 21.3. The molecule has 0 aromatic heterocycles. The minimum absolute atomic E-state index is 0.0516. The molecule has 0 radical (unpaired) electrons. The first-order valence-corrected chi connectivity index (χ1v) is 21.9. The Morgan fingerprint density at radius 2 is 0.825 bits per heavy atom. The molecule has 2 atom stereocenters. The average molecular weight is 821 g/mol. The molecule has 4 aromatic carbocycles. The van der Waals surface area contributed by atoms with E-state index in [-0.39, 0.29) is 88.5 Å². The second-order valence-electron chi connectivity index (χ2n) is 13.8. The van der Waals surface area contributed by atoms with Gasteiger partial charge in [-0.3, -0.25) is 9.59 Å². The van der Waals surface area contributed by atoms with Crippen molar-refractivity contribution in [1.82, 2.24) is 19.2 Å². The van der Waals surface area contributed by atoms with Gasteiger partial charge in [0, 0.05) is 26.2 Å². The summed E-state index contributed by atoms with van der Waals surface area (Å²) in [6.07, 6.45) is 0.234. The molecule has 2 N–H and O–H groups in total. The topological polar surface area (TPSA) is 161 Å². The molecule has 1 saturated heterocycles. The second-order valence-corrected chi connectivity index (χ2v) is 17.3. The Morgan fingerprint density at radius 1 is 0.509 bits per heavy atom. The number of aryl methyl sites for hydroxylation is 2. The Hall–Kier alpha value is -4.48. The number of sulfonamides is 2. The first kappa shape index (κ1) is 43.6. The van der Waals surface area contributed by atoms with Gasteiger partial charge in [-0.15, -0.1) is 0 Å². The van der Waals surface area contributed by atoms with Gasteiger partial charge in [-0.1, -0.05) is 96.1 Å². The highest BCUT2D eigenvalue weighted by atomic mass is 32.2. The molecular weight excluding hydrogens is 769 g/mol. The van der Waals surface area contributed by atoms with E-state index < -0.39 is 43.9 Å². The van der Waals surface area contributed by atoms with Gasteiger partial charge >= 0.3 is 0 Å². The third kappa shape index (κ3) is 13.6. The molecule has 0 bridgehead atoms. The molecule has 0 spiro atoms. The van der Waals surface area contributed by atoms with Crippen molar-refractivity contribution in [3.8, 4) is 0 Å². The minimum Gasteiger partial charge on any atom is -0.378 e. The van der Waals surface area contributed by atoms with Crippen LogP contribution in [0.4, 0.5) is 0 Å². The van der Waals surface area contributed by atoms with Gasteiger partial charge in [-0.2, -0.15) is 9.44 Å². The van der Waals surface area contributed by atoms with Gasteiger partial charge in [0.1, 0.15) is 12.1 Å². The molecule has 13 nitrogen and oxygen atoms in total. The number of ether oxygens (including phenoxy) is 3. The van der Waals surface area contributed by atoms with Crippen LogP contribution in [0.5, 0.6) is 0 Å². The number of carbonyl (C=O) groups is 2. The zero-order valence-corrected chi connectivity index (χ0v) is 34.1. The van der Waals surface area contributed by atoms with Gasteiger partial charge in [-0.25, -0.2) is 16.8 Å². The van der Waals surface area contributed by atoms with Crippen LogP contribution in [0.25, 0.3) is 0 Å². The van der Waals surface area contributed by atoms with E-state index in [1.807, 2.05) is 74.5 Å². The van der Waals surface area contributed by atoms with E-state index in [4.69, 9.17) is 14.2 Å². The zero-order valence-electron chi connectivity index (χ0n) is 32.4. The van der Waals surface area contributed by atoms with Gasteiger partial charge in [0.15, 0.2) is 0 Å². The summed E-state index contributed by atoms with van der Waals surface area (Å²) in [5.41, 5.74) is 3.36. The first-order valence-electron chi connectivity index (χ1n) is 19.0. The molecule has 57 heavy (non-hydrogen) atoms. The SMILES string of the molecule is Cc1ccc(S(=O)(=O)N[C@@H](Cc2ccccc2)C(=O)N2CCOCCOCCN(C(=O)[C@H](Cc3ccccc3)NS(=O)(=O)c3ccc(C)cc3)CCOCC2)cc1. The molecule has 1 aliphatic rings. The molecule has 1 heterocycles. The van der Waals surface area contributed by atoms with Crippen LogP contribution in [-0.2, 0) is 56.7 Å². The Labute approximate surface area is 336 Å². The molecule has 2 amide bonds. The Bertz CT molecular complexity index is 1940. The fourth-order valence-electron chi connectivity index (χ4n) is 6.23. The molecule has 5 rings (SSSR count). The lowest BCUT2D eigenvalue weighted by molar-refractivity contribution is -0.134. The molecule has 1 fully saturated rings. The predicted molar refractivity (Wildman–Crippen MR) is 216 cm³/mol. The number of hydrogen-bond acceptors (Lipinski definition) is 9. The van der Waals surface area contributed by atoms with E-state index in [0.717, 1.165) is 22.3 Å². The number of amides is 2. The number of carbonyl (C=O) groups excluding carboxylic acids is 2. The number of benzene rings is 4. The van der Waals surface area contributed by atoms with Crippen molar-refractivity contribution in [2.75, 3.05) is 65.8 Å². The van der Waals surface area contributed by atoms with E-state index in [0.29, 0.717) is 0 Å². The van der Waals surface area contributed by atoms with E-state index in [2.05, 4.69) is 9.44 Å². The Balaban J connectivity index is 1.30. The van der Waals surface area contributed by atoms with Gasteiger partial charge in [-0.05, 0) is 62.1 Å². The summed E-state index contributed by atoms with van der Waals surface area (Å²) >= 11 is 0. The summed E-state index contributed by atoms with van der Waals surface area (Å²) in [4.78, 5) is 31.6. The molecule has 306 valence electrons. The Morgan fingerprint density at radius 3 is 1.16 bits per heavy atom. The van der Waals surface area contributed by atoms with Crippen molar-refractivity contribution in [1.29, 1.82) is 0 Å². The van der Waals surface area contributed by atoms with Crippen LogP contribution in [0.15, 0.2) is 119 Å². The number of nitrogens with zero attached hydrogens (tertiary/aromatic N) is 2. The molecule has 1 aliphatic heterocycles. The molecule has 15 heteroatoms. The number of nitrogens with one attached hydrogen (secondary N) is 2. The number of hydrogen-bond donors (Lipinski definition) is 2. The maximum absolute atomic E-state index is 14.2. The normalized spacial score (nSPS) is 16.5. The fraction of sp³-hybridized carbons (Fsp3) is 0.381. The van der Waals surface area contributed by atoms with Crippen LogP contribution >= 0.6 is 0 Å². The minimum atomic E-state index is -4.06. The van der Waals surface area contributed by atoms with Crippen molar-refractivity contribution in [2.45, 2.75) is 48.6 Å². The third-order valence-corrected chi connectivity index (χ3v) is 12.4. The van der Waals surface area contributed by atoms with Crippen LogP contribution in [0.3, 0.4) is 0 Å². The van der Waals surface area contributed by atoms with Gasteiger partial charge < -0.3 is 24.0 Å². The number of rotatable bonds is 12. The lowest BCUT2D eigenvalue weighted by Gasteiger charge is -2.29. The van der Waals surface area contributed by atoms with Crippen LogP contribution in [0.2, 0.25) is 0 Å². The molecule has 0 unspecified atom stereocenters. The van der Waals surface area contributed by atoms with Crippen molar-refractivity contribution in [3.63, 3.8) is 0 Å². The van der Waals surface area contributed by atoms with Crippen LogP contribution in [-0.4, -0.2) is 116 Å². The zero-order chi connectivity index (χ0) is 40.7. The van der Waals surface area contributed by atoms with Gasteiger partial charge in [0.25, 0.3) is 0 Å². The van der Waals surface area contributed by atoms with Crippen molar-refractivity contribution < 1.29 is 40.6 Å². The molecular formula is C42H52N4O9S2. The summed E-state index contributed by atoms with van der Waals surface area (Å²) < 4.78 is 77.0. The quantitative estimate of drug-likeness (QED) is 0.218. The summed E-state index contributed by atoms with van der Waals surface area (Å²) in [6.45, 7) is 5.25. The maximum atomic E-state index is 14.2. The van der Waals surface area contributed by atoms with E-state index in [1.165, 1.54) is 34.1 Å². The smallest absolute Gasteiger partial charge is 0.241 e. The average Bonchev–Trinajstić information content (AvgIpc) is 3.21. The maximum Gasteiger partial charge on any atom is 0.241 e. The van der Waals surface area contributed by atoms with Crippen LogP contribution in [0, 0.1) is 13.8 Å². The molecule has 4 aromatic rings. The third-order valence-electron chi connectivity index (χ3n) is 9.44. The summed E-state index contributed by atoms with van der Waals surface area (Å²) in [7, 11) is -8.12. The highest BCUT2D eigenvalue weighted by Crippen LogP contribution is 2.16. The van der Waals surface area contributed by atoms with E-state index in [1.54, 1.807) is 24.3 Å². The standard InChI is InChI=1S/C42H52N4O9S2/c1-33-13-17-37(18-14-33)56(49,50)43-39(31-35-9-5-3-6-10-35)41(47)45-21-25-53-26-22-46(24-28-55-30-29-54-27-23-45)42(48)40(32-36-11-7-4-8-12-36)44-57(51,52)38-19-15-34(2)16-20-38/h3-20,39-40,43-44H,21-32H2,1-2H3/t39-,40-/m0/s1. The predicted octanol–water partition coefficient (Wildman–Crippen LogP) is 3.50. The van der Waals surface area contributed by atoms with E-state index >= 15 is 0 Å². The fourth-order valence-corrected chi connectivity index (χ4v) is 8.61. The lowest BCUT2D eigenvalue weighted by atomic mass is 10.1. The van der Waals surface area contributed by atoms with Gasteiger partial charge in [0.2, 0.25) is 31.9 Å². The van der Waals surface area contributed by atoms with E-state index in [9.17, 15) is 26.4 Å². The van der Waals surface area contributed by atoms with Crippen molar-refractivity contribution in [2.24, 2.45) is 0 Å². The summed E-state index contributed by atoms with van der Waals surface area (Å²) in [5, 5.41) is 0. The van der Waals surface area contributed by atoms with Crippen molar-refractivity contribution >= 4 is 31.9 Å². The highest BCUT2D eigenvalue weighted by Gasteiger charge is 2.31. The lowest BCUT2D eigenvalue weighted by Crippen LogP contribution is -2.51. The first-order chi connectivity index (χ1) is 27.4. The monoisotopic (exact) mass is 820 g/mol.